The third-order valence-corrected chi connectivity index (χ3v) is 7.41. The van der Waals surface area contributed by atoms with Crippen molar-refractivity contribution in [2.75, 3.05) is 12.5 Å². The summed E-state index contributed by atoms with van der Waals surface area (Å²) >= 11 is 15.9. The van der Waals surface area contributed by atoms with Crippen molar-refractivity contribution in [1.29, 1.82) is 0 Å². The molecule has 0 aliphatic rings. The van der Waals surface area contributed by atoms with E-state index in [-0.39, 0.29) is 23.7 Å². The number of halogens is 3. The molecule has 0 amide bonds. The summed E-state index contributed by atoms with van der Waals surface area (Å²) in [5.74, 6) is 0.744. The van der Waals surface area contributed by atoms with Crippen molar-refractivity contribution in [1.82, 2.24) is 18.7 Å². The quantitative estimate of drug-likeness (QED) is 0.167. The number of nitrogens with one attached hydrogen (secondary N) is 1. The maximum atomic E-state index is 13.2. The molecule has 0 atom stereocenters. The number of ether oxygens (including phenoxy) is 2. The molecule has 0 bridgehead atoms. The first-order chi connectivity index (χ1) is 19.7. The van der Waals surface area contributed by atoms with Gasteiger partial charge in [0.2, 0.25) is 0 Å². The van der Waals surface area contributed by atoms with Crippen LogP contribution in [0.3, 0.4) is 0 Å². The first-order valence-corrected chi connectivity index (χ1v) is 13.7. The van der Waals surface area contributed by atoms with E-state index >= 15 is 0 Å². The normalized spacial score (nSPS) is 11.4. The fourth-order valence-electron chi connectivity index (χ4n) is 4.12. The number of fused-ring (bicyclic) bond motifs is 1. The second-order valence-electron chi connectivity index (χ2n) is 8.98. The molecular formula is C28H23BrCl2N6O4. The highest BCUT2D eigenvalue weighted by Gasteiger charge is 2.22. The third-order valence-electron chi connectivity index (χ3n) is 6.30. The largest absolute Gasteiger partial charge is 0.493 e. The molecule has 13 heteroatoms. The van der Waals surface area contributed by atoms with Gasteiger partial charge in [-0.25, -0.2) is 4.79 Å². The Hall–Kier alpha value is -4.06. The highest BCUT2D eigenvalue weighted by molar-refractivity contribution is 9.10. The van der Waals surface area contributed by atoms with Crippen LogP contribution in [-0.2, 0) is 20.6 Å². The maximum absolute atomic E-state index is 13.2. The highest BCUT2D eigenvalue weighted by atomic mass is 79.9. The van der Waals surface area contributed by atoms with Crippen molar-refractivity contribution in [3.63, 3.8) is 0 Å². The molecular weight excluding hydrogens is 635 g/mol. The lowest BCUT2D eigenvalue weighted by Crippen LogP contribution is -2.37. The zero-order valence-electron chi connectivity index (χ0n) is 22.1. The third kappa shape index (κ3) is 5.88. The summed E-state index contributed by atoms with van der Waals surface area (Å²) in [6.45, 7) is 0.129. The number of anilines is 1. The van der Waals surface area contributed by atoms with Gasteiger partial charge in [-0.15, -0.1) is 0 Å². The van der Waals surface area contributed by atoms with E-state index in [1.165, 1.54) is 25.8 Å². The fraction of sp³-hybridized carbons (Fsp3) is 0.143. The molecule has 0 radical (unpaired) electrons. The second kappa shape index (κ2) is 11.8. The van der Waals surface area contributed by atoms with E-state index in [0.717, 1.165) is 20.3 Å². The zero-order chi connectivity index (χ0) is 29.3. The summed E-state index contributed by atoms with van der Waals surface area (Å²) in [5.41, 5.74) is 4.53. The van der Waals surface area contributed by atoms with E-state index in [2.05, 4.69) is 31.4 Å². The highest BCUT2D eigenvalue weighted by Crippen LogP contribution is 2.34. The van der Waals surface area contributed by atoms with Gasteiger partial charge in [0.05, 0.1) is 25.6 Å². The lowest BCUT2D eigenvalue weighted by molar-refractivity contribution is 0.361. The molecule has 0 aliphatic carbocycles. The minimum atomic E-state index is -0.521. The molecule has 0 saturated carbocycles. The van der Waals surface area contributed by atoms with E-state index in [1.807, 2.05) is 24.3 Å². The Morgan fingerprint density at radius 2 is 1.76 bits per heavy atom. The number of hydrazone groups is 1. The van der Waals surface area contributed by atoms with E-state index < -0.39 is 11.2 Å². The van der Waals surface area contributed by atoms with Gasteiger partial charge in [-0.3, -0.25) is 23.9 Å². The van der Waals surface area contributed by atoms with Crippen LogP contribution in [0.5, 0.6) is 17.5 Å². The van der Waals surface area contributed by atoms with Crippen molar-refractivity contribution in [2.45, 2.75) is 6.54 Å². The molecule has 2 heterocycles. The molecule has 2 aromatic heterocycles. The summed E-state index contributed by atoms with van der Waals surface area (Å²) in [6.07, 6.45) is 1.64. The van der Waals surface area contributed by atoms with Crippen molar-refractivity contribution >= 4 is 62.2 Å². The fourth-order valence-corrected chi connectivity index (χ4v) is 4.86. The molecule has 210 valence electrons. The molecule has 5 rings (SSSR count). The molecule has 5 aromatic rings. The average molecular weight is 658 g/mol. The van der Waals surface area contributed by atoms with Gasteiger partial charge in [0.1, 0.15) is 0 Å². The first-order valence-electron chi connectivity index (χ1n) is 12.2. The topological polar surface area (TPSA) is 105 Å². The minimum absolute atomic E-state index is 0.0703. The van der Waals surface area contributed by atoms with E-state index in [4.69, 9.17) is 32.7 Å². The molecule has 3 aromatic carbocycles. The number of hydrogen-bond acceptors (Lipinski definition) is 7. The second-order valence-corrected chi connectivity index (χ2v) is 10.7. The molecule has 10 nitrogen and oxygen atoms in total. The number of rotatable bonds is 8. The van der Waals surface area contributed by atoms with E-state index in [9.17, 15) is 9.59 Å². The van der Waals surface area contributed by atoms with Crippen LogP contribution in [-0.4, -0.2) is 32.0 Å². The Kier molecular flexibility index (Phi) is 8.20. The van der Waals surface area contributed by atoms with Gasteiger partial charge in [0.15, 0.2) is 22.7 Å². The molecule has 0 aliphatic heterocycles. The Labute approximate surface area is 252 Å². The first kappa shape index (κ1) is 28.5. The average Bonchev–Trinajstić information content (AvgIpc) is 3.31. The molecule has 0 saturated heterocycles. The van der Waals surface area contributed by atoms with Crippen LogP contribution >= 0.6 is 39.1 Å². The van der Waals surface area contributed by atoms with Crippen LogP contribution in [0.4, 0.5) is 5.69 Å². The molecule has 0 fully saturated rings. The summed E-state index contributed by atoms with van der Waals surface area (Å²) < 4.78 is 16.6. The van der Waals surface area contributed by atoms with Gasteiger partial charge < -0.3 is 9.47 Å². The predicted octanol–water partition coefficient (Wildman–Crippen LogP) is 5.80. The minimum Gasteiger partial charge on any atom is -0.493 e. The van der Waals surface area contributed by atoms with Crippen molar-refractivity contribution in [3.8, 4) is 17.5 Å². The number of aryl methyl sites for hydroxylation is 1. The van der Waals surface area contributed by atoms with E-state index in [1.54, 1.807) is 47.2 Å². The smallest absolute Gasteiger partial charge is 0.332 e. The van der Waals surface area contributed by atoms with Crippen LogP contribution in [0.1, 0.15) is 11.1 Å². The summed E-state index contributed by atoms with van der Waals surface area (Å²) in [5, 5.41) is 5.16. The Balaban J connectivity index is 1.53. The summed E-state index contributed by atoms with van der Waals surface area (Å²) in [7, 11) is 4.46. The maximum Gasteiger partial charge on any atom is 0.332 e. The molecule has 0 spiro atoms. The van der Waals surface area contributed by atoms with Crippen molar-refractivity contribution in [3.05, 3.63) is 107 Å². The lowest BCUT2D eigenvalue weighted by atomic mass is 10.2. The van der Waals surface area contributed by atoms with Crippen LogP contribution in [0.15, 0.2) is 79.8 Å². The van der Waals surface area contributed by atoms with Gasteiger partial charge in [-0.05, 0) is 65.7 Å². The number of methoxy groups -OCH3 is 1. The monoisotopic (exact) mass is 656 g/mol. The standard InChI is InChI=1S/C28H23BrCl2N6O4/c1-35-25-24(26(38)36(2)28(35)39)37(15-17-5-8-19(30)13-21(17)31)27(33-25)41-22-11-4-16(12-23(22)40-3)14-32-34-20-9-6-18(29)7-10-20/h4-14,34H,15H2,1-3H3/b32-14-. The number of benzene rings is 3. The molecule has 0 unspecified atom stereocenters. The molecule has 41 heavy (non-hydrogen) atoms. The van der Waals surface area contributed by atoms with Crippen molar-refractivity contribution < 1.29 is 9.47 Å². The van der Waals surface area contributed by atoms with Gasteiger partial charge in [-0.2, -0.15) is 10.1 Å². The van der Waals surface area contributed by atoms with Crippen molar-refractivity contribution in [2.24, 2.45) is 19.2 Å². The zero-order valence-corrected chi connectivity index (χ0v) is 25.2. The Morgan fingerprint density at radius 1 is 1.00 bits per heavy atom. The van der Waals surface area contributed by atoms with Gasteiger partial charge in [0, 0.05) is 28.6 Å². The molecule has 1 N–H and O–H groups in total. The van der Waals surface area contributed by atoms with Gasteiger partial charge in [0.25, 0.3) is 5.56 Å². The lowest BCUT2D eigenvalue weighted by Gasteiger charge is -2.13. The Bertz CT molecular complexity index is 1910. The number of nitrogens with zero attached hydrogens (tertiary/aromatic N) is 5. The number of imidazole rings is 1. The van der Waals surface area contributed by atoms with Crippen LogP contribution in [0.2, 0.25) is 10.0 Å². The van der Waals surface area contributed by atoms with Gasteiger partial charge >= 0.3 is 11.7 Å². The summed E-state index contributed by atoms with van der Waals surface area (Å²) in [4.78, 5) is 30.4. The number of hydrogen-bond donors (Lipinski definition) is 1. The van der Waals surface area contributed by atoms with Crippen LogP contribution in [0.25, 0.3) is 11.2 Å². The van der Waals surface area contributed by atoms with Crippen LogP contribution < -0.4 is 26.1 Å². The summed E-state index contributed by atoms with van der Waals surface area (Å²) in [6, 6.07) is 18.0. The van der Waals surface area contributed by atoms with Gasteiger partial charge in [-0.1, -0.05) is 45.2 Å². The SMILES string of the molecule is COc1cc(/C=N\Nc2ccc(Br)cc2)ccc1Oc1nc2c(c(=O)n(C)c(=O)n2C)n1Cc1ccc(Cl)cc1Cl. The Morgan fingerprint density at radius 3 is 2.46 bits per heavy atom. The predicted molar refractivity (Wildman–Crippen MR) is 164 cm³/mol. The van der Waals surface area contributed by atoms with Crippen LogP contribution in [0, 0.1) is 0 Å². The van der Waals surface area contributed by atoms with E-state index in [0.29, 0.717) is 27.1 Å². The number of aromatic nitrogens is 4.